The number of aryl methyl sites for hydroxylation is 1. The van der Waals surface area contributed by atoms with Gasteiger partial charge in [-0.2, -0.15) is 18.3 Å². The number of nitrogens with zero attached hydrogens (tertiary/aromatic N) is 4. The van der Waals surface area contributed by atoms with Gasteiger partial charge in [0.1, 0.15) is 11.6 Å². The molecule has 0 radical (unpaired) electrons. The molecule has 8 bridgehead atoms. The quantitative estimate of drug-likeness (QED) is 0.215. The molecule has 0 spiro atoms. The Morgan fingerprint density at radius 1 is 1.13 bits per heavy atom. The number of carbonyl (C=O) groups is 1. The van der Waals surface area contributed by atoms with E-state index in [0.717, 1.165) is 0 Å². The van der Waals surface area contributed by atoms with Gasteiger partial charge in [0.05, 0.1) is 61.0 Å². The lowest BCUT2D eigenvalue weighted by atomic mass is 10.1. The Bertz CT molecular complexity index is 1750. The zero-order valence-corrected chi connectivity index (χ0v) is 25.5. The molecule has 0 fully saturated rings. The van der Waals surface area contributed by atoms with Crippen LogP contribution in [0.2, 0.25) is 0 Å². The number of carbonyl (C=O) groups excluding carboxylic acids is 1. The summed E-state index contributed by atoms with van der Waals surface area (Å²) in [7, 11) is -0.712. The highest BCUT2D eigenvalue weighted by molar-refractivity contribution is 7.53. The number of alkyl halides is 3. The van der Waals surface area contributed by atoms with Crippen molar-refractivity contribution in [2.75, 3.05) is 38.0 Å². The number of benzene rings is 1. The molecule has 16 heteroatoms. The van der Waals surface area contributed by atoms with Crippen LogP contribution in [0.1, 0.15) is 35.0 Å². The minimum atomic E-state index is -4.76. The first-order chi connectivity index (χ1) is 21.5. The molecule has 3 aromatic heterocycles. The Morgan fingerprint density at radius 2 is 1.93 bits per heavy atom. The van der Waals surface area contributed by atoms with Crippen LogP contribution in [0.3, 0.4) is 0 Å². The monoisotopic (exact) mass is 645 g/mol. The number of hydrogen-bond acceptors (Lipinski definition) is 10. The molecule has 4 aliphatic rings. The lowest BCUT2D eigenvalue weighted by Crippen LogP contribution is -2.21. The van der Waals surface area contributed by atoms with Crippen molar-refractivity contribution in [2.24, 2.45) is 0 Å². The molecule has 4 aromatic rings. The van der Waals surface area contributed by atoms with E-state index in [2.05, 4.69) is 31.0 Å². The number of methoxy groups -OCH3 is 1. The molecule has 4 aliphatic heterocycles. The third-order valence-electron chi connectivity index (χ3n) is 6.80. The highest BCUT2D eigenvalue weighted by atomic mass is 31.2. The van der Waals surface area contributed by atoms with Crippen LogP contribution in [0, 0.1) is 0 Å². The fourth-order valence-corrected chi connectivity index (χ4v) is 6.38. The first-order valence-corrected chi connectivity index (χ1v) is 15.7. The van der Waals surface area contributed by atoms with Gasteiger partial charge in [0.15, 0.2) is 5.69 Å². The minimum Gasteiger partial charge on any atom is -0.495 e. The molecular weight excluding hydrogens is 614 g/mol. The zero-order valence-electron chi connectivity index (χ0n) is 24.6. The number of hydrogen-bond donors (Lipinski definition) is 3. The van der Waals surface area contributed by atoms with Gasteiger partial charge in [-0.15, -0.1) is 0 Å². The number of pyridine rings is 2. The molecule has 0 saturated heterocycles. The van der Waals surface area contributed by atoms with E-state index in [4.69, 9.17) is 13.8 Å². The van der Waals surface area contributed by atoms with E-state index in [-0.39, 0.29) is 42.3 Å². The van der Waals surface area contributed by atoms with Crippen molar-refractivity contribution < 1.29 is 36.3 Å². The summed E-state index contributed by atoms with van der Waals surface area (Å²) in [4.78, 5) is 21.3. The zero-order chi connectivity index (χ0) is 32.2. The number of ether oxygens (including phenoxy) is 1. The Hall–Kier alpha value is -4.46. The van der Waals surface area contributed by atoms with Gasteiger partial charge in [-0.05, 0) is 43.2 Å². The highest BCUT2D eigenvalue weighted by Crippen LogP contribution is 2.52. The summed E-state index contributed by atoms with van der Waals surface area (Å²) >= 11 is 0. The van der Waals surface area contributed by atoms with Crippen LogP contribution in [0.4, 0.5) is 36.1 Å². The number of rotatable bonds is 4. The number of nitrogens with one attached hydrogen (secondary N) is 3. The highest BCUT2D eigenvalue weighted by Gasteiger charge is 2.35. The van der Waals surface area contributed by atoms with E-state index < -0.39 is 25.2 Å². The molecule has 12 nitrogen and oxygen atoms in total. The molecular formula is C29H31F3N7O5P. The summed E-state index contributed by atoms with van der Waals surface area (Å²) in [5.74, 6) is -0.228. The number of halogens is 3. The maximum atomic E-state index is 14.1. The van der Waals surface area contributed by atoms with Gasteiger partial charge < -0.3 is 29.7 Å². The Kier molecular flexibility index (Phi) is 9.42. The van der Waals surface area contributed by atoms with Crippen molar-refractivity contribution in [2.45, 2.75) is 32.2 Å². The lowest BCUT2D eigenvalue weighted by Gasteiger charge is -2.20. The van der Waals surface area contributed by atoms with Crippen LogP contribution in [-0.2, 0) is 32.5 Å². The van der Waals surface area contributed by atoms with E-state index in [1.54, 1.807) is 48.3 Å². The third-order valence-corrected chi connectivity index (χ3v) is 8.78. The van der Waals surface area contributed by atoms with Gasteiger partial charge in [-0.25, -0.2) is 9.97 Å². The SMILES string of the molecule is CCOP1(=O)Cc2ccc(c(OC)c2)Nc2cc(c(C(F)(F)F)cn2)Nc2ccc(nc2C(=O)NC)-c2cnn(c2)CCCO1. The molecule has 1 unspecified atom stereocenters. The maximum absolute atomic E-state index is 14.1. The fraction of sp³-hybridized carbons (Fsp3) is 0.310. The van der Waals surface area contributed by atoms with E-state index >= 15 is 0 Å². The fourth-order valence-electron chi connectivity index (χ4n) is 4.68. The number of amides is 1. The minimum absolute atomic E-state index is 0.0229. The average Bonchev–Trinajstić information content (AvgIpc) is 3.48. The molecule has 238 valence electrons. The lowest BCUT2D eigenvalue weighted by molar-refractivity contribution is -0.137. The summed E-state index contributed by atoms with van der Waals surface area (Å²) in [5, 5.41) is 12.5. The average molecular weight is 646 g/mol. The first-order valence-electron chi connectivity index (χ1n) is 13.9. The third kappa shape index (κ3) is 7.44. The molecule has 45 heavy (non-hydrogen) atoms. The van der Waals surface area contributed by atoms with Crippen LogP contribution in [0.25, 0.3) is 11.3 Å². The van der Waals surface area contributed by atoms with Crippen molar-refractivity contribution >= 4 is 36.4 Å². The van der Waals surface area contributed by atoms with Crippen LogP contribution >= 0.6 is 7.60 Å². The molecule has 1 atom stereocenters. The normalized spacial score (nSPS) is 17.0. The van der Waals surface area contributed by atoms with Crippen LogP contribution < -0.4 is 20.7 Å². The summed E-state index contributed by atoms with van der Waals surface area (Å²) in [6.07, 6.45) is -0.349. The summed E-state index contributed by atoms with van der Waals surface area (Å²) in [6.45, 7) is 2.47. The standard InChI is InChI=1S/C29H31F3N7O5P/c1-4-43-45(41)17-18-6-7-22(25(12-18)42-3)37-26-13-24(20(15-34-26)29(30,31)32)36-23-9-8-21(38-27(23)28(40)33-2)19-14-35-39(16-19)10-5-11-44-45/h6-9,12-16,36H,4-5,10-11,17H2,1-3H3,(H,33,40)(H,34,37). The molecule has 1 aromatic carbocycles. The smallest absolute Gasteiger partial charge is 0.419 e. The van der Waals surface area contributed by atoms with Crippen molar-refractivity contribution in [1.29, 1.82) is 0 Å². The van der Waals surface area contributed by atoms with Crippen molar-refractivity contribution in [3.8, 4) is 17.0 Å². The predicted octanol–water partition coefficient (Wildman–Crippen LogP) is 6.36. The topological polar surface area (TPSA) is 142 Å². The van der Waals surface area contributed by atoms with Crippen molar-refractivity contribution in [3.63, 3.8) is 0 Å². The summed E-state index contributed by atoms with van der Waals surface area (Å²) in [6, 6.07) is 9.17. The molecule has 7 heterocycles. The van der Waals surface area contributed by atoms with E-state index in [1.807, 2.05) is 0 Å². The second-order valence-corrected chi connectivity index (χ2v) is 12.0. The second kappa shape index (κ2) is 13.3. The van der Waals surface area contributed by atoms with Gasteiger partial charge in [-0.1, -0.05) is 6.07 Å². The van der Waals surface area contributed by atoms with Gasteiger partial charge in [-0.3, -0.25) is 14.0 Å². The van der Waals surface area contributed by atoms with Crippen LogP contribution in [0.5, 0.6) is 5.75 Å². The van der Waals surface area contributed by atoms with E-state index in [1.165, 1.54) is 26.3 Å². The van der Waals surface area contributed by atoms with E-state index in [9.17, 15) is 22.5 Å². The van der Waals surface area contributed by atoms with Gasteiger partial charge in [0.2, 0.25) is 0 Å². The maximum Gasteiger partial charge on any atom is 0.419 e. The summed E-state index contributed by atoms with van der Waals surface area (Å²) < 4.78 is 74.3. The van der Waals surface area contributed by atoms with Gasteiger partial charge in [0.25, 0.3) is 5.91 Å². The van der Waals surface area contributed by atoms with Crippen LogP contribution in [-0.4, -0.2) is 53.0 Å². The van der Waals surface area contributed by atoms with Crippen LogP contribution in [0.15, 0.2) is 55.0 Å². The molecule has 0 aliphatic carbocycles. The number of aromatic nitrogens is 4. The van der Waals surface area contributed by atoms with Gasteiger partial charge in [0, 0.05) is 37.6 Å². The number of anilines is 4. The van der Waals surface area contributed by atoms with E-state index in [0.29, 0.717) is 47.4 Å². The molecule has 1 amide bonds. The molecule has 8 rings (SSSR count). The van der Waals surface area contributed by atoms with Gasteiger partial charge >= 0.3 is 13.8 Å². The molecule has 0 saturated carbocycles. The first kappa shape index (κ1) is 31.9. The largest absolute Gasteiger partial charge is 0.495 e. The Balaban J connectivity index is 1.62. The van der Waals surface area contributed by atoms with Crippen molar-refractivity contribution in [3.05, 3.63) is 71.8 Å². The summed E-state index contributed by atoms with van der Waals surface area (Å²) in [5.41, 5.74) is 0.474. The second-order valence-electron chi connectivity index (χ2n) is 9.93. The van der Waals surface area contributed by atoms with Crippen molar-refractivity contribution in [1.82, 2.24) is 25.1 Å². The predicted molar refractivity (Wildman–Crippen MR) is 161 cm³/mol. The Labute approximate surface area is 256 Å². The Morgan fingerprint density at radius 3 is 2.67 bits per heavy atom. The molecule has 3 N–H and O–H groups in total.